The molecule has 0 aliphatic rings. The highest BCUT2D eigenvalue weighted by Gasteiger charge is 1.96. The summed E-state index contributed by atoms with van der Waals surface area (Å²) in [5.74, 6) is 0.507. The van der Waals surface area contributed by atoms with Crippen LogP contribution in [0.15, 0.2) is 12.1 Å². The zero-order valence-corrected chi connectivity index (χ0v) is 8.98. The van der Waals surface area contributed by atoms with Gasteiger partial charge in [-0.3, -0.25) is 0 Å². The molecule has 84 valence electrons. The first kappa shape index (κ1) is 11.9. The van der Waals surface area contributed by atoms with Gasteiger partial charge in [0.2, 0.25) is 5.88 Å². The fourth-order valence-corrected chi connectivity index (χ4v) is 0.985. The van der Waals surface area contributed by atoms with Crippen molar-refractivity contribution in [2.24, 2.45) is 5.73 Å². The van der Waals surface area contributed by atoms with Gasteiger partial charge in [-0.15, -0.1) is 5.10 Å². The lowest BCUT2D eigenvalue weighted by Gasteiger charge is -2.05. The SMILES string of the molecule is CCCOCCOc1ccc(CN)nn1. The van der Waals surface area contributed by atoms with E-state index in [0.717, 1.165) is 18.7 Å². The zero-order valence-electron chi connectivity index (χ0n) is 8.98. The van der Waals surface area contributed by atoms with Crippen LogP contribution in [0.3, 0.4) is 0 Å². The molecule has 15 heavy (non-hydrogen) atoms. The summed E-state index contributed by atoms with van der Waals surface area (Å²) in [5, 5.41) is 7.73. The van der Waals surface area contributed by atoms with Gasteiger partial charge in [0.25, 0.3) is 0 Å². The van der Waals surface area contributed by atoms with E-state index in [0.29, 0.717) is 25.6 Å². The largest absolute Gasteiger partial charge is 0.474 e. The summed E-state index contributed by atoms with van der Waals surface area (Å²) < 4.78 is 10.6. The molecule has 0 radical (unpaired) electrons. The Morgan fingerprint density at radius 1 is 1.20 bits per heavy atom. The third-order valence-electron chi connectivity index (χ3n) is 1.73. The lowest BCUT2D eigenvalue weighted by atomic mass is 10.4. The van der Waals surface area contributed by atoms with Crippen molar-refractivity contribution in [2.45, 2.75) is 19.9 Å². The molecule has 0 saturated carbocycles. The fraction of sp³-hybridized carbons (Fsp3) is 0.600. The zero-order chi connectivity index (χ0) is 10.9. The maximum Gasteiger partial charge on any atom is 0.233 e. The summed E-state index contributed by atoms with van der Waals surface area (Å²) in [6.07, 6.45) is 1.02. The monoisotopic (exact) mass is 211 g/mol. The van der Waals surface area contributed by atoms with E-state index in [4.69, 9.17) is 15.2 Å². The average Bonchev–Trinajstić information content (AvgIpc) is 2.30. The molecule has 0 bridgehead atoms. The van der Waals surface area contributed by atoms with Gasteiger partial charge in [0.15, 0.2) is 0 Å². The topological polar surface area (TPSA) is 70.3 Å². The molecule has 0 fully saturated rings. The first-order valence-electron chi connectivity index (χ1n) is 5.10. The van der Waals surface area contributed by atoms with Crippen LogP contribution in [0.2, 0.25) is 0 Å². The van der Waals surface area contributed by atoms with Crippen molar-refractivity contribution < 1.29 is 9.47 Å². The van der Waals surface area contributed by atoms with Crippen molar-refractivity contribution in [1.29, 1.82) is 0 Å². The van der Waals surface area contributed by atoms with Gasteiger partial charge in [-0.1, -0.05) is 6.92 Å². The van der Waals surface area contributed by atoms with Crippen molar-refractivity contribution in [3.05, 3.63) is 17.8 Å². The number of ether oxygens (including phenoxy) is 2. The molecule has 0 amide bonds. The van der Waals surface area contributed by atoms with Gasteiger partial charge in [-0.2, -0.15) is 5.10 Å². The van der Waals surface area contributed by atoms with Crippen LogP contribution >= 0.6 is 0 Å². The minimum absolute atomic E-state index is 0.396. The van der Waals surface area contributed by atoms with E-state index < -0.39 is 0 Å². The van der Waals surface area contributed by atoms with Crippen LogP contribution in [0.5, 0.6) is 5.88 Å². The van der Waals surface area contributed by atoms with E-state index in [1.54, 1.807) is 12.1 Å². The van der Waals surface area contributed by atoms with Crippen molar-refractivity contribution in [2.75, 3.05) is 19.8 Å². The summed E-state index contributed by atoms with van der Waals surface area (Å²) >= 11 is 0. The van der Waals surface area contributed by atoms with Crippen LogP contribution < -0.4 is 10.5 Å². The lowest BCUT2D eigenvalue weighted by Crippen LogP contribution is -2.09. The molecule has 0 aliphatic carbocycles. The Labute approximate surface area is 89.6 Å². The molecule has 0 atom stereocenters. The highest BCUT2D eigenvalue weighted by molar-refractivity contribution is 5.10. The van der Waals surface area contributed by atoms with E-state index in [1.807, 2.05) is 0 Å². The third kappa shape index (κ3) is 4.71. The summed E-state index contributed by atoms with van der Waals surface area (Å²) in [6, 6.07) is 3.56. The number of hydrogen-bond donors (Lipinski definition) is 1. The van der Waals surface area contributed by atoms with Crippen LogP contribution in [0.25, 0.3) is 0 Å². The molecular formula is C10H17N3O2. The van der Waals surface area contributed by atoms with E-state index in [2.05, 4.69) is 17.1 Å². The maximum absolute atomic E-state index is 5.39. The maximum atomic E-state index is 5.39. The predicted octanol–water partition coefficient (Wildman–Crippen LogP) is 0.741. The third-order valence-corrected chi connectivity index (χ3v) is 1.73. The molecule has 0 saturated heterocycles. The standard InChI is InChI=1S/C10H17N3O2/c1-2-5-14-6-7-15-10-4-3-9(8-11)12-13-10/h3-4H,2,5-8,11H2,1H3. The second kappa shape index (κ2) is 7.14. The molecule has 1 aromatic heterocycles. The molecule has 0 spiro atoms. The van der Waals surface area contributed by atoms with E-state index >= 15 is 0 Å². The highest BCUT2D eigenvalue weighted by atomic mass is 16.5. The highest BCUT2D eigenvalue weighted by Crippen LogP contribution is 2.03. The predicted molar refractivity (Wildman–Crippen MR) is 56.5 cm³/mol. The van der Waals surface area contributed by atoms with Gasteiger partial charge < -0.3 is 15.2 Å². The van der Waals surface area contributed by atoms with Gasteiger partial charge in [0.1, 0.15) is 6.61 Å². The Bertz CT molecular complexity index is 264. The average molecular weight is 211 g/mol. The Morgan fingerprint density at radius 2 is 2.07 bits per heavy atom. The quantitative estimate of drug-likeness (QED) is 0.674. The van der Waals surface area contributed by atoms with Crippen molar-refractivity contribution >= 4 is 0 Å². The first-order chi connectivity index (χ1) is 7.36. The Kier molecular flexibility index (Phi) is 5.65. The number of nitrogens with two attached hydrogens (primary N) is 1. The second-order valence-electron chi connectivity index (χ2n) is 3.03. The number of aromatic nitrogens is 2. The minimum Gasteiger partial charge on any atom is -0.474 e. The van der Waals surface area contributed by atoms with Crippen LogP contribution in [-0.4, -0.2) is 30.0 Å². The second-order valence-corrected chi connectivity index (χ2v) is 3.03. The molecule has 5 nitrogen and oxygen atoms in total. The van der Waals surface area contributed by atoms with Crippen LogP contribution in [-0.2, 0) is 11.3 Å². The van der Waals surface area contributed by atoms with Gasteiger partial charge in [-0.05, 0) is 12.5 Å². The summed E-state index contributed by atoms with van der Waals surface area (Å²) in [7, 11) is 0. The molecule has 0 aliphatic heterocycles. The van der Waals surface area contributed by atoms with Crippen LogP contribution in [0, 0.1) is 0 Å². The van der Waals surface area contributed by atoms with E-state index in [1.165, 1.54) is 0 Å². The summed E-state index contributed by atoms with van der Waals surface area (Å²) in [4.78, 5) is 0. The summed E-state index contributed by atoms with van der Waals surface area (Å²) in [5.41, 5.74) is 6.15. The van der Waals surface area contributed by atoms with Crippen molar-refractivity contribution in [3.8, 4) is 5.88 Å². The van der Waals surface area contributed by atoms with E-state index in [9.17, 15) is 0 Å². The van der Waals surface area contributed by atoms with Crippen molar-refractivity contribution in [3.63, 3.8) is 0 Å². The van der Waals surface area contributed by atoms with Crippen molar-refractivity contribution in [1.82, 2.24) is 10.2 Å². The fourth-order valence-electron chi connectivity index (χ4n) is 0.985. The normalized spacial score (nSPS) is 10.3. The number of nitrogens with zero attached hydrogens (tertiary/aromatic N) is 2. The molecule has 1 heterocycles. The molecule has 2 N–H and O–H groups in total. The first-order valence-corrected chi connectivity index (χ1v) is 5.10. The van der Waals surface area contributed by atoms with Gasteiger partial charge in [0.05, 0.1) is 12.3 Å². The molecular weight excluding hydrogens is 194 g/mol. The molecule has 0 unspecified atom stereocenters. The minimum atomic E-state index is 0.396. The number of hydrogen-bond acceptors (Lipinski definition) is 5. The molecule has 1 aromatic rings. The van der Waals surface area contributed by atoms with Gasteiger partial charge in [-0.25, -0.2) is 0 Å². The number of rotatable bonds is 7. The Hall–Kier alpha value is -1.20. The smallest absolute Gasteiger partial charge is 0.233 e. The Morgan fingerprint density at radius 3 is 2.67 bits per heavy atom. The Balaban J connectivity index is 2.20. The lowest BCUT2D eigenvalue weighted by molar-refractivity contribution is 0.0986. The summed E-state index contributed by atoms with van der Waals surface area (Å²) in [6.45, 7) is 4.30. The van der Waals surface area contributed by atoms with Gasteiger partial charge >= 0.3 is 0 Å². The van der Waals surface area contributed by atoms with Crippen LogP contribution in [0.4, 0.5) is 0 Å². The van der Waals surface area contributed by atoms with Gasteiger partial charge in [0, 0.05) is 19.2 Å². The van der Waals surface area contributed by atoms with Crippen LogP contribution in [0.1, 0.15) is 19.0 Å². The molecule has 0 aromatic carbocycles. The van der Waals surface area contributed by atoms with E-state index in [-0.39, 0.29) is 0 Å². The molecule has 5 heteroatoms. The molecule has 1 rings (SSSR count).